The lowest BCUT2D eigenvalue weighted by atomic mass is 10.1. The maximum Gasteiger partial charge on any atom is 0.252 e. The largest absolute Gasteiger partial charge is 0.390 e. The van der Waals surface area contributed by atoms with E-state index in [9.17, 15) is 9.90 Å². The van der Waals surface area contributed by atoms with Crippen molar-refractivity contribution in [3.63, 3.8) is 0 Å². The Hall–Kier alpha value is -2.79. The van der Waals surface area contributed by atoms with Crippen molar-refractivity contribution < 1.29 is 9.90 Å². The van der Waals surface area contributed by atoms with Gasteiger partial charge < -0.3 is 10.4 Å². The highest BCUT2D eigenvalue weighted by atomic mass is 16.3. The van der Waals surface area contributed by atoms with E-state index in [1.165, 1.54) is 0 Å². The molecule has 1 amide bonds. The van der Waals surface area contributed by atoms with Crippen LogP contribution in [-0.2, 0) is 6.61 Å². The summed E-state index contributed by atoms with van der Waals surface area (Å²) in [7, 11) is 0. The van der Waals surface area contributed by atoms with Crippen LogP contribution in [0.3, 0.4) is 0 Å². The van der Waals surface area contributed by atoms with Gasteiger partial charge in [0.2, 0.25) is 0 Å². The Morgan fingerprint density at radius 3 is 2.71 bits per heavy atom. The van der Waals surface area contributed by atoms with Gasteiger partial charge in [-0.1, -0.05) is 24.3 Å². The predicted octanol–water partition coefficient (Wildman–Crippen LogP) is 2.68. The first-order chi connectivity index (χ1) is 11.7. The number of carbonyl (C=O) groups is 1. The third-order valence-corrected chi connectivity index (χ3v) is 4.10. The highest BCUT2D eigenvalue weighted by Crippen LogP contribution is 2.25. The quantitative estimate of drug-likeness (QED) is 0.775. The maximum absolute atomic E-state index is 12.6. The molecule has 2 aromatic heterocycles. The SMILES string of the molecule is O=C(NC1CC1)c1cc(-c2cccc(CO)n2)nc2ccccc12. The van der Waals surface area contributed by atoms with Gasteiger partial charge >= 0.3 is 0 Å². The third kappa shape index (κ3) is 2.86. The van der Waals surface area contributed by atoms with Gasteiger partial charge in [-0.25, -0.2) is 9.97 Å². The molecular weight excluding hydrogens is 302 g/mol. The number of para-hydroxylation sites is 1. The van der Waals surface area contributed by atoms with E-state index < -0.39 is 0 Å². The number of carbonyl (C=O) groups excluding carboxylic acids is 1. The van der Waals surface area contributed by atoms with E-state index in [0.717, 1.165) is 23.7 Å². The zero-order valence-corrected chi connectivity index (χ0v) is 13.1. The van der Waals surface area contributed by atoms with Gasteiger partial charge in [0.1, 0.15) is 0 Å². The zero-order chi connectivity index (χ0) is 16.5. The van der Waals surface area contributed by atoms with E-state index in [2.05, 4.69) is 15.3 Å². The smallest absolute Gasteiger partial charge is 0.252 e. The number of aliphatic hydroxyl groups is 1. The van der Waals surface area contributed by atoms with Crippen LogP contribution in [0.2, 0.25) is 0 Å². The van der Waals surface area contributed by atoms with Crippen molar-refractivity contribution >= 4 is 16.8 Å². The summed E-state index contributed by atoms with van der Waals surface area (Å²) in [5.74, 6) is -0.0735. The number of pyridine rings is 2. The first-order valence-electron chi connectivity index (χ1n) is 8.02. The monoisotopic (exact) mass is 319 g/mol. The van der Waals surface area contributed by atoms with Crippen LogP contribution in [-0.4, -0.2) is 27.0 Å². The number of hydrogen-bond acceptors (Lipinski definition) is 4. The zero-order valence-electron chi connectivity index (χ0n) is 13.1. The number of aliphatic hydroxyl groups excluding tert-OH is 1. The van der Waals surface area contributed by atoms with Crippen molar-refractivity contribution in [3.05, 3.63) is 59.8 Å². The molecule has 0 atom stereocenters. The molecule has 0 unspecified atom stereocenters. The van der Waals surface area contributed by atoms with Crippen LogP contribution in [0.5, 0.6) is 0 Å². The Morgan fingerprint density at radius 2 is 1.92 bits per heavy atom. The summed E-state index contributed by atoms with van der Waals surface area (Å²) in [6, 6.07) is 15.1. The summed E-state index contributed by atoms with van der Waals surface area (Å²) in [5, 5.41) is 13.2. The van der Waals surface area contributed by atoms with E-state index in [0.29, 0.717) is 28.7 Å². The Labute approximate surface area is 139 Å². The van der Waals surface area contributed by atoms with Crippen molar-refractivity contribution in [1.29, 1.82) is 0 Å². The summed E-state index contributed by atoms with van der Waals surface area (Å²) < 4.78 is 0. The van der Waals surface area contributed by atoms with Crippen LogP contribution in [0.25, 0.3) is 22.3 Å². The summed E-state index contributed by atoms with van der Waals surface area (Å²) in [5.41, 5.74) is 3.22. The number of amides is 1. The van der Waals surface area contributed by atoms with Gasteiger partial charge in [-0.2, -0.15) is 0 Å². The summed E-state index contributed by atoms with van der Waals surface area (Å²) in [4.78, 5) is 21.6. The van der Waals surface area contributed by atoms with Crippen LogP contribution < -0.4 is 5.32 Å². The Morgan fingerprint density at radius 1 is 1.08 bits per heavy atom. The van der Waals surface area contributed by atoms with Crippen molar-refractivity contribution in [2.24, 2.45) is 0 Å². The molecule has 3 aromatic rings. The topological polar surface area (TPSA) is 75.1 Å². The van der Waals surface area contributed by atoms with E-state index >= 15 is 0 Å². The second-order valence-electron chi connectivity index (χ2n) is 5.99. The molecule has 120 valence electrons. The number of benzene rings is 1. The van der Waals surface area contributed by atoms with Crippen molar-refractivity contribution in [1.82, 2.24) is 15.3 Å². The van der Waals surface area contributed by atoms with E-state index in [-0.39, 0.29) is 12.5 Å². The predicted molar refractivity (Wildman–Crippen MR) is 91.4 cm³/mol. The second-order valence-corrected chi connectivity index (χ2v) is 5.99. The molecule has 0 spiro atoms. The minimum atomic E-state index is -0.129. The molecule has 0 bridgehead atoms. The fourth-order valence-electron chi connectivity index (χ4n) is 2.70. The maximum atomic E-state index is 12.6. The lowest BCUT2D eigenvalue weighted by molar-refractivity contribution is 0.0952. The van der Waals surface area contributed by atoms with E-state index in [4.69, 9.17) is 0 Å². The fraction of sp³-hybridized carbons (Fsp3) is 0.211. The van der Waals surface area contributed by atoms with Crippen LogP contribution in [0.1, 0.15) is 28.9 Å². The molecule has 5 nitrogen and oxygen atoms in total. The number of nitrogens with zero attached hydrogens (tertiary/aromatic N) is 2. The highest BCUT2D eigenvalue weighted by Gasteiger charge is 2.25. The average Bonchev–Trinajstić information content (AvgIpc) is 3.44. The number of hydrogen-bond donors (Lipinski definition) is 2. The number of aromatic nitrogens is 2. The molecule has 0 radical (unpaired) electrons. The molecule has 0 saturated heterocycles. The summed E-state index contributed by atoms with van der Waals surface area (Å²) in [6.07, 6.45) is 2.09. The number of rotatable bonds is 4. The van der Waals surface area contributed by atoms with E-state index in [1.54, 1.807) is 12.1 Å². The molecular formula is C19H17N3O2. The molecule has 0 aliphatic heterocycles. The van der Waals surface area contributed by atoms with Crippen molar-refractivity contribution in [2.45, 2.75) is 25.5 Å². The van der Waals surface area contributed by atoms with Gasteiger partial charge in [0.05, 0.1) is 34.8 Å². The summed E-state index contributed by atoms with van der Waals surface area (Å²) in [6.45, 7) is -0.129. The van der Waals surface area contributed by atoms with Crippen LogP contribution in [0.4, 0.5) is 0 Å². The van der Waals surface area contributed by atoms with Gasteiger partial charge in [0.25, 0.3) is 5.91 Å². The molecule has 4 rings (SSSR count). The lowest BCUT2D eigenvalue weighted by Gasteiger charge is -2.10. The summed E-state index contributed by atoms with van der Waals surface area (Å²) >= 11 is 0. The van der Waals surface area contributed by atoms with Crippen molar-refractivity contribution in [3.8, 4) is 11.4 Å². The van der Waals surface area contributed by atoms with E-state index in [1.807, 2.05) is 36.4 Å². The molecule has 5 heteroatoms. The number of nitrogens with one attached hydrogen (secondary N) is 1. The first-order valence-corrected chi connectivity index (χ1v) is 8.02. The molecule has 1 saturated carbocycles. The minimum Gasteiger partial charge on any atom is -0.390 e. The molecule has 1 aliphatic carbocycles. The van der Waals surface area contributed by atoms with Crippen LogP contribution in [0.15, 0.2) is 48.5 Å². The molecule has 1 aliphatic rings. The lowest BCUT2D eigenvalue weighted by Crippen LogP contribution is -2.25. The number of fused-ring (bicyclic) bond motifs is 1. The van der Waals surface area contributed by atoms with Gasteiger partial charge in [0.15, 0.2) is 0 Å². The molecule has 2 N–H and O–H groups in total. The van der Waals surface area contributed by atoms with Crippen LogP contribution in [0, 0.1) is 0 Å². The molecule has 1 fully saturated rings. The normalized spacial score (nSPS) is 13.9. The average molecular weight is 319 g/mol. The third-order valence-electron chi connectivity index (χ3n) is 4.10. The van der Waals surface area contributed by atoms with Gasteiger partial charge in [-0.15, -0.1) is 0 Å². The molecule has 1 aromatic carbocycles. The Kier molecular flexibility index (Phi) is 3.70. The Bertz CT molecular complexity index is 919. The van der Waals surface area contributed by atoms with Crippen molar-refractivity contribution in [2.75, 3.05) is 0 Å². The molecule has 24 heavy (non-hydrogen) atoms. The minimum absolute atomic E-state index is 0.0735. The van der Waals surface area contributed by atoms with Gasteiger partial charge in [0, 0.05) is 11.4 Å². The standard InChI is InChI=1S/C19H17N3O2/c23-11-13-4-3-7-17(20-13)18-10-15(19(24)21-12-8-9-12)14-5-1-2-6-16(14)22-18/h1-7,10,12,23H,8-9,11H2,(H,21,24). The molecule has 2 heterocycles. The highest BCUT2D eigenvalue weighted by molar-refractivity contribution is 6.07. The fourth-order valence-corrected chi connectivity index (χ4v) is 2.70. The van der Waals surface area contributed by atoms with Crippen LogP contribution >= 0.6 is 0 Å². The van der Waals surface area contributed by atoms with Gasteiger partial charge in [-0.3, -0.25) is 4.79 Å². The van der Waals surface area contributed by atoms with Gasteiger partial charge in [-0.05, 0) is 37.1 Å². The first kappa shape index (κ1) is 14.8. The second kappa shape index (κ2) is 6.02. The Balaban J connectivity index is 1.85.